The average molecular weight is 457 g/mol. The monoisotopic (exact) mass is 456 g/mol. The van der Waals surface area contributed by atoms with Crippen LogP contribution in [0, 0.1) is 17.7 Å². The molecule has 1 aliphatic heterocycles. The van der Waals surface area contributed by atoms with Crippen LogP contribution in [-0.2, 0) is 16.4 Å². The zero-order chi connectivity index (χ0) is 23.0. The number of pyridine rings is 1. The Bertz CT molecular complexity index is 1290. The number of fused-ring (bicyclic) bond motifs is 1. The van der Waals surface area contributed by atoms with Gasteiger partial charge in [0.1, 0.15) is 10.7 Å². The molecule has 1 saturated heterocycles. The predicted molar refractivity (Wildman–Crippen MR) is 126 cm³/mol. The van der Waals surface area contributed by atoms with Crippen LogP contribution in [0.4, 0.5) is 10.1 Å². The molecular formula is C25H29FN2O3S. The highest BCUT2D eigenvalue weighted by atomic mass is 32.2. The van der Waals surface area contributed by atoms with Gasteiger partial charge < -0.3 is 9.47 Å². The van der Waals surface area contributed by atoms with Crippen LogP contribution in [0.1, 0.15) is 33.6 Å². The Morgan fingerprint density at radius 2 is 1.72 bits per heavy atom. The standard InChI is InChI=1S/C25H29FN2O3S/c1-4-10-27-16-24(32(30,31)19-8-6-5-7-9-19)25(29)20-12-21(26)23(13-22(20)27)28-14-17(2)11-18(3)15-28/h5-9,12-13,16-18H,4,10-11,14-15H2,1-3H3/t17-,18+. The molecule has 0 radical (unpaired) electrons. The second-order valence-electron chi connectivity index (χ2n) is 9.00. The number of hydrogen-bond donors (Lipinski definition) is 0. The number of benzene rings is 2. The Morgan fingerprint density at radius 3 is 2.34 bits per heavy atom. The minimum atomic E-state index is -4.03. The summed E-state index contributed by atoms with van der Waals surface area (Å²) in [5, 5.41) is 0.0924. The molecule has 2 heterocycles. The third-order valence-corrected chi connectivity index (χ3v) is 7.90. The fourth-order valence-corrected chi connectivity index (χ4v) is 6.21. The van der Waals surface area contributed by atoms with Crippen molar-refractivity contribution >= 4 is 26.4 Å². The lowest BCUT2D eigenvalue weighted by Crippen LogP contribution is -2.39. The first kappa shape index (κ1) is 22.5. The Morgan fingerprint density at radius 1 is 1.06 bits per heavy atom. The quantitative estimate of drug-likeness (QED) is 0.550. The van der Waals surface area contributed by atoms with Crippen molar-refractivity contribution < 1.29 is 12.8 Å². The Balaban J connectivity index is 1.93. The van der Waals surface area contributed by atoms with Gasteiger partial charge in [0.15, 0.2) is 0 Å². The van der Waals surface area contributed by atoms with Crippen LogP contribution in [0.2, 0.25) is 0 Å². The Labute approximate surface area is 188 Å². The molecule has 0 N–H and O–H groups in total. The first-order valence-electron chi connectivity index (χ1n) is 11.1. The maximum atomic E-state index is 15.3. The largest absolute Gasteiger partial charge is 0.369 e. The smallest absolute Gasteiger partial charge is 0.211 e. The minimum absolute atomic E-state index is 0.0490. The molecule has 4 rings (SSSR count). The number of piperidine rings is 1. The molecule has 0 spiro atoms. The summed E-state index contributed by atoms with van der Waals surface area (Å²) in [7, 11) is -4.03. The van der Waals surface area contributed by atoms with E-state index in [2.05, 4.69) is 13.8 Å². The third kappa shape index (κ3) is 4.06. The molecule has 2 atom stereocenters. The summed E-state index contributed by atoms with van der Waals surface area (Å²) in [4.78, 5) is 15.0. The van der Waals surface area contributed by atoms with Gasteiger partial charge in [0.2, 0.25) is 15.3 Å². The molecule has 0 unspecified atom stereocenters. The van der Waals surface area contributed by atoms with Crippen molar-refractivity contribution in [3.05, 3.63) is 64.7 Å². The fourth-order valence-electron chi connectivity index (χ4n) is 4.82. The van der Waals surface area contributed by atoms with Crippen molar-refractivity contribution in [2.45, 2.75) is 49.9 Å². The van der Waals surface area contributed by atoms with E-state index in [0.717, 1.165) is 25.9 Å². The van der Waals surface area contributed by atoms with Crippen molar-refractivity contribution in [3.63, 3.8) is 0 Å². The summed E-state index contributed by atoms with van der Waals surface area (Å²) in [5.74, 6) is 0.406. The van der Waals surface area contributed by atoms with Gasteiger partial charge in [-0.3, -0.25) is 4.79 Å². The number of aryl methyl sites for hydroxylation is 1. The van der Waals surface area contributed by atoms with E-state index in [-0.39, 0.29) is 15.2 Å². The molecule has 7 heteroatoms. The number of nitrogens with zero attached hydrogens (tertiary/aromatic N) is 2. The Kier molecular flexibility index (Phi) is 6.12. The molecule has 0 bridgehead atoms. The molecule has 2 aromatic carbocycles. The van der Waals surface area contributed by atoms with Crippen LogP contribution in [0.5, 0.6) is 0 Å². The van der Waals surface area contributed by atoms with E-state index in [1.165, 1.54) is 24.4 Å². The zero-order valence-electron chi connectivity index (χ0n) is 18.7. The van der Waals surface area contributed by atoms with Gasteiger partial charge in [-0.25, -0.2) is 12.8 Å². The number of halogens is 1. The lowest BCUT2D eigenvalue weighted by Gasteiger charge is -2.37. The summed E-state index contributed by atoms with van der Waals surface area (Å²) in [5.41, 5.74) is 0.368. The predicted octanol–water partition coefficient (Wildman–Crippen LogP) is 4.87. The topological polar surface area (TPSA) is 59.4 Å². The summed E-state index contributed by atoms with van der Waals surface area (Å²) in [6.07, 6.45) is 3.26. The zero-order valence-corrected chi connectivity index (χ0v) is 19.5. The van der Waals surface area contributed by atoms with Gasteiger partial charge in [0.25, 0.3) is 0 Å². The second kappa shape index (κ2) is 8.70. The number of rotatable bonds is 5. The van der Waals surface area contributed by atoms with Gasteiger partial charge in [0, 0.05) is 25.8 Å². The summed E-state index contributed by atoms with van der Waals surface area (Å²) < 4.78 is 43.5. The van der Waals surface area contributed by atoms with Crippen LogP contribution in [0.15, 0.2) is 63.2 Å². The number of hydrogen-bond acceptors (Lipinski definition) is 4. The van der Waals surface area contributed by atoms with E-state index in [9.17, 15) is 13.2 Å². The highest BCUT2D eigenvalue weighted by Gasteiger charge is 2.27. The van der Waals surface area contributed by atoms with E-state index in [4.69, 9.17) is 0 Å². The molecule has 170 valence electrons. The highest BCUT2D eigenvalue weighted by molar-refractivity contribution is 7.91. The maximum Gasteiger partial charge on any atom is 0.211 e. The van der Waals surface area contributed by atoms with E-state index in [0.29, 0.717) is 29.6 Å². The van der Waals surface area contributed by atoms with Gasteiger partial charge in [-0.15, -0.1) is 0 Å². The van der Waals surface area contributed by atoms with Crippen molar-refractivity contribution in [2.24, 2.45) is 11.8 Å². The van der Waals surface area contributed by atoms with Crippen LogP contribution in [0.3, 0.4) is 0 Å². The highest BCUT2D eigenvalue weighted by Crippen LogP contribution is 2.31. The van der Waals surface area contributed by atoms with Crippen molar-refractivity contribution in [1.82, 2.24) is 4.57 Å². The van der Waals surface area contributed by atoms with E-state index in [1.54, 1.807) is 28.8 Å². The summed E-state index contributed by atoms with van der Waals surface area (Å²) >= 11 is 0. The lowest BCUT2D eigenvalue weighted by atomic mass is 9.91. The normalized spacial score (nSPS) is 19.4. The molecule has 32 heavy (non-hydrogen) atoms. The molecule has 3 aromatic rings. The number of sulfone groups is 1. The minimum Gasteiger partial charge on any atom is -0.369 e. The van der Waals surface area contributed by atoms with Crippen LogP contribution < -0.4 is 10.3 Å². The van der Waals surface area contributed by atoms with Crippen LogP contribution >= 0.6 is 0 Å². The van der Waals surface area contributed by atoms with Crippen LogP contribution in [-0.4, -0.2) is 26.1 Å². The summed E-state index contributed by atoms with van der Waals surface area (Å²) in [6.45, 7) is 8.33. The van der Waals surface area contributed by atoms with E-state index in [1.807, 2.05) is 11.8 Å². The molecule has 0 amide bonds. The third-order valence-electron chi connectivity index (χ3n) is 6.13. The summed E-state index contributed by atoms with van der Waals surface area (Å²) in [6, 6.07) is 10.8. The Hall–Kier alpha value is -2.67. The van der Waals surface area contributed by atoms with Crippen molar-refractivity contribution in [3.8, 4) is 0 Å². The molecule has 5 nitrogen and oxygen atoms in total. The first-order valence-corrected chi connectivity index (χ1v) is 12.6. The van der Waals surface area contributed by atoms with Crippen molar-refractivity contribution in [1.29, 1.82) is 0 Å². The van der Waals surface area contributed by atoms with E-state index < -0.39 is 21.1 Å². The first-order chi connectivity index (χ1) is 15.2. The second-order valence-corrected chi connectivity index (χ2v) is 10.9. The van der Waals surface area contributed by atoms with Crippen LogP contribution in [0.25, 0.3) is 10.9 Å². The average Bonchev–Trinajstić information content (AvgIpc) is 2.75. The van der Waals surface area contributed by atoms with Crippen molar-refractivity contribution in [2.75, 3.05) is 18.0 Å². The molecule has 0 saturated carbocycles. The van der Waals surface area contributed by atoms with Gasteiger partial charge >= 0.3 is 0 Å². The lowest BCUT2D eigenvalue weighted by molar-refractivity contribution is 0.354. The SMILES string of the molecule is CCCn1cc(S(=O)(=O)c2ccccc2)c(=O)c2cc(F)c(N3C[C@H](C)C[C@H](C)C3)cc21. The van der Waals surface area contributed by atoms with Gasteiger partial charge in [-0.1, -0.05) is 39.0 Å². The maximum absolute atomic E-state index is 15.3. The van der Waals surface area contributed by atoms with Gasteiger partial charge in [-0.2, -0.15) is 0 Å². The van der Waals surface area contributed by atoms with Gasteiger partial charge in [-0.05, 0) is 48.9 Å². The molecule has 1 aliphatic rings. The van der Waals surface area contributed by atoms with Gasteiger partial charge in [0.05, 0.1) is 21.5 Å². The fraction of sp³-hybridized carbons (Fsp3) is 0.400. The number of aromatic nitrogens is 1. The number of anilines is 1. The van der Waals surface area contributed by atoms with E-state index >= 15 is 4.39 Å². The molecule has 0 aliphatic carbocycles. The molecular weight excluding hydrogens is 427 g/mol. The molecule has 1 fully saturated rings. The molecule has 1 aromatic heterocycles.